The molecule has 13 heteroatoms. The highest BCUT2D eigenvalue weighted by Gasteiger charge is 2.23. The molecule has 1 unspecified atom stereocenters. The van der Waals surface area contributed by atoms with Gasteiger partial charge in [-0.2, -0.15) is 0 Å². The third-order valence-electron chi connectivity index (χ3n) is 6.51. The van der Waals surface area contributed by atoms with Crippen LogP contribution in [-0.4, -0.2) is 67.6 Å². The number of rotatable bonds is 12. The van der Waals surface area contributed by atoms with E-state index in [0.717, 1.165) is 6.20 Å². The van der Waals surface area contributed by atoms with Crippen molar-refractivity contribution >= 4 is 34.6 Å². The van der Waals surface area contributed by atoms with Gasteiger partial charge in [-0.05, 0) is 49.3 Å². The molecule has 0 aliphatic heterocycles. The first-order chi connectivity index (χ1) is 19.8. The number of imidazole rings is 1. The smallest absolute Gasteiger partial charge is 0.405 e. The van der Waals surface area contributed by atoms with Gasteiger partial charge in [0.2, 0.25) is 11.8 Å². The minimum atomic E-state index is -1.40. The molecule has 0 saturated heterocycles. The fourth-order valence-electron chi connectivity index (χ4n) is 4.42. The van der Waals surface area contributed by atoms with Crippen molar-refractivity contribution in [1.29, 1.82) is 0 Å². The van der Waals surface area contributed by atoms with E-state index in [2.05, 4.69) is 25.6 Å². The van der Waals surface area contributed by atoms with Gasteiger partial charge in [0.05, 0.1) is 24.0 Å². The summed E-state index contributed by atoms with van der Waals surface area (Å²) in [5, 5.41) is 14.0. The largest absolute Gasteiger partial charge is 0.465 e. The highest BCUT2D eigenvalue weighted by molar-refractivity contribution is 5.96. The molecule has 0 bridgehead atoms. The number of carboxylic acid groups (broad SMARTS) is 1. The Morgan fingerprint density at radius 3 is 2.52 bits per heavy atom. The van der Waals surface area contributed by atoms with Crippen molar-refractivity contribution in [2.45, 2.75) is 65.5 Å². The van der Waals surface area contributed by atoms with Gasteiger partial charge in [0, 0.05) is 19.8 Å². The molecule has 0 aromatic carbocycles. The van der Waals surface area contributed by atoms with E-state index in [-0.39, 0.29) is 48.3 Å². The van der Waals surface area contributed by atoms with E-state index in [4.69, 9.17) is 0 Å². The van der Waals surface area contributed by atoms with E-state index >= 15 is 0 Å². The molecule has 4 N–H and O–H groups in total. The highest BCUT2D eigenvalue weighted by atomic mass is 19.1. The molecule has 0 saturated carbocycles. The van der Waals surface area contributed by atoms with Crippen LogP contribution in [0.4, 0.5) is 14.9 Å². The number of carbonyl (C=O) groups excluding carboxylic acids is 2. The summed E-state index contributed by atoms with van der Waals surface area (Å²) < 4.78 is 16.0. The molecule has 1 atom stereocenters. The molecule has 0 fully saturated rings. The summed E-state index contributed by atoms with van der Waals surface area (Å²) in [6, 6.07) is 2.00. The third-order valence-corrected chi connectivity index (χ3v) is 6.51. The van der Waals surface area contributed by atoms with Gasteiger partial charge in [-0.25, -0.2) is 14.2 Å². The zero-order valence-corrected chi connectivity index (χ0v) is 24.7. The van der Waals surface area contributed by atoms with E-state index in [1.165, 1.54) is 21.6 Å². The van der Waals surface area contributed by atoms with Crippen molar-refractivity contribution < 1.29 is 23.9 Å². The predicted molar refractivity (Wildman–Crippen MR) is 157 cm³/mol. The summed E-state index contributed by atoms with van der Waals surface area (Å²) in [6.45, 7) is 7.86. The number of allylic oxidation sites excluding steroid dienone is 1. The van der Waals surface area contributed by atoms with Crippen LogP contribution in [0.15, 0.2) is 35.3 Å². The van der Waals surface area contributed by atoms with Crippen LogP contribution in [0.25, 0.3) is 11.0 Å². The minimum absolute atomic E-state index is 0.0210. The average Bonchev–Trinajstić information content (AvgIpc) is 3.34. The molecular formula is C29H38FN7O5. The van der Waals surface area contributed by atoms with Crippen LogP contribution in [0.5, 0.6) is 0 Å². The zero-order valence-electron chi connectivity index (χ0n) is 24.7. The number of H-pyrrole nitrogens is 1. The maximum atomic E-state index is 14.6. The van der Waals surface area contributed by atoms with Crippen molar-refractivity contribution in [2.24, 2.45) is 5.92 Å². The lowest BCUT2D eigenvalue weighted by atomic mass is 10.1. The van der Waals surface area contributed by atoms with Gasteiger partial charge < -0.3 is 30.2 Å². The number of aromatic nitrogens is 4. The molecule has 226 valence electrons. The Hall–Kier alpha value is -4.55. The second kappa shape index (κ2) is 13.9. The molecule has 3 rings (SSSR count). The minimum Gasteiger partial charge on any atom is -0.465 e. The van der Waals surface area contributed by atoms with Crippen LogP contribution in [0.2, 0.25) is 0 Å². The van der Waals surface area contributed by atoms with Gasteiger partial charge in [0.15, 0.2) is 5.82 Å². The van der Waals surface area contributed by atoms with Gasteiger partial charge in [-0.1, -0.05) is 33.8 Å². The summed E-state index contributed by atoms with van der Waals surface area (Å²) in [5.74, 6) is -0.980. The van der Waals surface area contributed by atoms with Crippen molar-refractivity contribution in [3.05, 3.63) is 63.9 Å². The summed E-state index contributed by atoms with van der Waals surface area (Å²) in [6.07, 6.45) is 3.54. The average molecular weight is 584 g/mol. The highest BCUT2D eigenvalue weighted by Crippen LogP contribution is 2.22. The summed E-state index contributed by atoms with van der Waals surface area (Å²) in [7, 11) is 3.19. The number of halogens is 1. The lowest BCUT2D eigenvalue weighted by Gasteiger charge is -2.19. The number of carbonyl (C=O) groups is 3. The van der Waals surface area contributed by atoms with Crippen molar-refractivity contribution in [1.82, 2.24) is 29.7 Å². The Balaban J connectivity index is 1.90. The van der Waals surface area contributed by atoms with Gasteiger partial charge in [-0.15, -0.1) is 0 Å². The second-order valence-corrected chi connectivity index (χ2v) is 11.0. The Morgan fingerprint density at radius 2 is 1.90 bits per heavy atom. The molecule has 3 aromatic heterocycles. The fourth-order valence-corrected chi connectivity index (χ4v) is 4.42. The molecular weight excluding hydrogens is 545 g/mol. The van der Waals surface area contributed by atoms with Crippen LogP contribution in [0.1, 0.15) is 63.7 Å². The topological polar surface area (TPSA) is 162 Å². The molecule has 3 aromatic rings. The number of aromatic amines is 1. The van der Waals surface area contributed by atoms with Crippen molar-refractivity contribution in [3.8, 4) is 0 Å². The first kappa shape index (κ1) is 32.0. The number of nitrogens with zero attached hydrogens (tertiary/aromatic N) is 4. The van der Waals surface area contributed by atoms with Crippen LogP contribution >= 0.6 is 0 Å². The molecule has 12 nitrogen and oxygen atoms in total. The molecule has 42 heavy (non-hydrogen) atoms. The van der Waals surface area contributed by atoms with Crippen molar-refractivity contribution in [2.75, 3.05) is 19.4 Å². The first-order valence-electron chi connectivity index (χ1n) is 13.7. The molecule has 0 aliphatic carbocycles. The van der Waals surface area contributed by atoms with Crippen LogP contribution < -0.4 is 16.2 Å². The Morgan fingerprint density at radius 1 is 1.19 bits per heavy atom. The monoisotopic (exact) mass is 583 g/mol. The van der Waals surface area contributed by atoms with E-state index in [9.17, 15) is 28.7 Å². The van der Waals surface area contributed by atoms with E-state index in [1.807, 2.05) is 27.7 Å². The lowest BCUT2D eigenvalue weighted by molar-refractivity contribution is -0.123. The molecule has 3 heterocycles. The summed E-state index contributed by atoms with van der Waals surface area (Å²) in [5.41, 5.74) is 1.38. The van der Waals surface area contributed by atoms with Crippen molar-refractivity contribution in [3.63, 3.8) is 0 Å². The Bertz CT molecular complexity index is 1540. The number of pyridine rings is 2. The predicted octanol–water partition coefficient (Wildman–Crippen LogP) is 3.63. The number of nitrogens with one attached hydrogen (secondary N) is 3. The number of fused-ring (bicyclic) bond motifs is 1. The molecule has 3 amide bonds. The van der Waals surface area contributed by atoms with E-state index in [0.29, 0.717) is 29.1 Å². The van der Waals surface area contributed by atoms with Crippen LogP contribution in [-0.2, 0) is 22.6 Å². The van der Waals surface area contributed by atoms with Gasteiger partial charge in [-0.3, -0.25) is 19.4 Å². The number of hydrogen-bond donors (Lipinski definition) is 4. The SMILES string of the molecule is CC(C)Cc1ncc(F)c2nc(Cn3c(C(C)C)ccc(NC(=O)C(CC/C=C/C(=O)N(C)C)NC(=O)O)c3=O)[nH]c12. The van der Waals surface area contributed by atoms with Crippen LogP contribution in [0, 0.1) is 11.7 Å². The summed E-state index contributed by atoms with van der Waals surface area (Å²) >= 11 is 0. The van der Waals surface area contributed by atoms with E-state index in [1.54, 1.807) is 26.2 Å². The zero-order chi connectivity index (χ0) is 31.1. The fraction of sp³-hybridized carbons (Fsp3) is 0.448. The van der Waals surface area contributed by atoms with E-state index < -0.39 is 29.4 Å². The Kier molecular flexibility index (Phi) is 10.6. The molecule has 0 radical (unpaired) electrons. The maximum absolute atomic E-state index is 14.6. The summed E-state index contributed by atoms with van der Waals surface area (Å²) in [4.78, 5) is 62.9. The lowest BCUT2D eigenvalue weighted by Crippen LogP contribution is -2.44. The molecule has 0 aliphatic rings. The maximum Gasteiger partial charge on any atom is 0.405 e. The Labute approximate surface area is 243 Å². The molecule has 0 spiro atoms. The van der Waals surface area contributed by atoms with Crippen LogP contribution in [0.3, 0.4) is 0 Å². The normalized spacial score (nSPS) is 12.3. The first-order valence-corrected chi connectivity index (χ1v) is 13.7. The standard InChI is InChI=1S/C29H38FN7O5/c1-16(2)13-21-26-25(18(30)14-31-21)34-23(35-26)15-37-22(17(3)4)12-11-20(28(37)40)32-27(39)19(33-29(41)42)9-7-8-10-24(38)36(5)6/h8,10-12,14,16-17,19,33H,7,9,13,15H2,1-6H3,(H,32,39)(H,34,35)(H,41,42)/b10-8+. The van der Waals surface area contributed by atoms with Gasteiger partial charge >= 0.3 is 6.09 Å². The number of amides is 3. The van der Waals surface area contributed by atoms with Gasteiger partial charge in [0.25, 0.3) is 5.56 Å². The number of hydrogen-bond acceptors (Lipinski definition) is 6. The second-order valence-electron chi connectivity index (χ2n) is 11.0. The number of likely N-dealkylation sites (N-methyl/N-ethyl adjacent to an activating group) is 1. The van der Waals surface area contributed by atoms with Gasteiger partial charge in [0.1, 0.15) is 23.1 Å². The quantitative estimate of drug-likeness (QED) is 0.237. The number of anilines is 1. The third kappa shape index (κ3) is 8.02.